The second-order valence-electron chi connectivity index (χ2n) is 4.18. The third-order valence-corrected chi connectivity index (χ3v) is 3.13. The number of benzene rings is 1. The molecule has 1 aromatic heterocycles. The molecule has 0 saturated heterocycles. The normalized spacial score (nSPS) is 13.4. The molecule has 0 amide bonds. The third kappa shape index (κ3) is 1.52. The van der Waals surface area contributed by atoms with Gasteiger partial charge in [0.1, 0.15) is 0 Å². The zero-order valence-corrected chi connectivity index (χ0v) is 9.57. The minimum Gasteiger partial charge on any atom is -0.307 e. The molecule has 4 heteroatoms. The third-order valence-electron chi connectivity index (χ3n) is 3.13. The summed E-state index contributed by atoms with van der Waals surface area (Å²) in [7, 11) is 0. The molecule has 84 valence electrons. The minimum absolute atomic E-state index is 0.674. The van der Waals surface area contributed by atoms with Crippen LogP contribution in [0.2, 0.25) is 0 Å². The average Bonchev–Trinajstić information content (AvgIpc) is 2.94. The highest BCUT2D eigenvalue weighted by Gasteiger charge is 2.20. The summed E-state index contributed by atoms with van der Waals surface area (Å²) in [5.41, 5.74) is 5.29. The van der Waals surface area contributed by atoms with Gasteiger partial charge >= 0.3 is 0 Å². The van der Waals surface area contributed by atoms with Gasteiger partial charge in [-0.05, 0) is 31.2 Å². The molecule has 0 saturated carbocycles. The Morgan fingerprint density at radius 2 is 2.06 bits per heavy atom. The standard InChI is InChI=1S/C13H12N4/c1-9-12-7-15-8-13(12)17(16-9)11-4-2-10(6-14)3-5-11/h2-5,15H,7-8H2,1H3. The highest BCUT2D eigenvalue weighted by atomic mass is 15.3. The van der Waals surface area contributed by atoms with Crippen molar-refractivity contribution in [1.82, 2.24) is 15.1 Å². The summed E-state index contributed by atoms with van der Waals surface area (Å²) in [4.78, 5) is 0. The van der Waals surface area contributed by atoms with Crippen LogP contribution in [0.1, 0.15) is 22.5 Å². The lowest BCUT2D eigenvalue weighted by molar-refractivity contribution is 0.704. The lowest BCUT2D eigenvalue weighted by Gasteiger charge is -2.05. The first-order valence-electron chi connectivity index (χ1n) is 5.58. The van der Waals surface area contributed by atoms with Crippen LogP contribution in [0.15, 0.2) is 24.3 Å². The van der Waals surface area contributed by atoms with Gasteiger partial charge in [-0.15, -0.1) is 0 Å². The summed E-state index contributed by atoms with van der Waals surface area (Å²) in [5.74, 6) is 0. The van der Waals surface area contributed by atoms with Crippen molar-refractivity contribution in [3.8, 4) is 11.8 Å². The molecule has 1 aromatic carbocycles. The highest BCUT2D eigenvalue weighted by Crippen LogP contribution is 2.22. The molecule has 1 aliphatic rings. The summed E-state index contributed by atoms with van der Waals surface area (Å²) in [6.45, 7) is 3.79. The molecule has 2 heterocycles. The fraction of sp³-hybridized carbons (Fsp3) is 0.231. The molecule has 3 rings (SSSR count). The topological polar surface area (TPSA) is 53.6 Å². The maximum atomic E-state index is 8.78. The largest absolute Gasteiger partial charge is 0.307 e. The number of nitriles is 1. The van der Waals surface area contributed by atoms with Crippen molar-refractivity contribution in [2.24, 2.45) is 0 Å². The number of hydrogen-bond donors (Lipinski definition) is 1. The van der Waals surface area contributed by atoms with Crippen LogP contribution in [0, 0.1) is 18.3 Å². The van der Waals surface area contributed by atoms with E-state index in [4.69, 9.17) is 5.26 Å². The van der Waals surface area contributed by atoms with Crippen LogP contribution in [0.4, 0.5) is 0 Å². The van der Waals surface area contributed by atoms with Gasteiger partial charge in [0.25, 0.3) is 0 Å². The van der Waals surface area contributed by atoms with Gasteiger partial charge in [0.05, 0.1) is 28.7 Å². The first-order chi connectivity index (χ1) is 8.29. The van der Waals surface area contributed by atoms with E-state index in [1.54, 1.807) is 0 Å². The summed E-state index contributed by atoms with van der Waals surface area (Å²) < 4.78 is 1.96. The molecule has 0 bridgehead atoms. The van der Waals surface area contributed by atoms with Gasteiger partial charge in [-0.1, -0.05) is 0 Å². The van der Waals surface area contributed by atoms with Gasteiger partial charge in [-0.25, -0.2) is 4.68 Å². The SMILES string of the molecule is Cc1nn(-c2ccc(C#N)cc2)c2c1CNC2. The number of aryl methyl sites for hydroxylation is 1. The number of rotatable bonds is 1. The number of nitrogens with one attached hydrogen (secondary N) is 1. The van der Waals surface area contributed by atoms with Gasteiger partial charge in [0.15, 0.2) is 0 Å². The van der Waals surface area contributed by atoms with Crippen LogP contribution in [-0.2, 0) is 13.1 Å². The highest BCUT2D eigenvalue weighted by molar-refractivity contribution is 5.42. The fourth-order valence-corrected chi connectivity index (χ4v) is 2.22. The van der Waals surface area contributed by atoms with Gasteiger partial charge in [-0.3, -0.25) is 0 Å². The van der Waals surface area contributed by atoms with E-state index in [9.17, 15) is 0 Å². The summed E-state index contributed by atoms with van der Waals surface area (Å²) in [6, 6.07) is 9.63. The van der Waals surface area contributed by atoms with Crippen LogP contribution >= 0.6 is 0 Å². The monoisotopic (exact) mass is 224 g/mol. The van der Waals surface area contributed by atoms with Crippen molar-refractivity contribution >= 4 is 0 Å². The predicted octanol–water partition coefficient (Wildman–Crippen LogP) is 1.66. The Labute approximate surface area is 99.5 Å². The fourth-order valence-electron chi connectivity index (χ4n) is 2.22. The molecule has 1 N–H and O–H groups in total. The van der Waals surface area contributed by atoms with E-state index in [-0.39, 0.29) is 0 Å². The molecule has 0 aliphatic carbocycles. The quantitative estimate of drug-likeness (QED) is 0.801. The molecular weight excluding hydrogens is 212 g/mol. The van der Waals surface area contributed by atoms with Crippen molar-refractivity contribution in [2.45, 2.75) is 20.0 Å². The van der Waals surface area contributed by atoms with E-state index in [0.717, 1.165) is 24.5 Å². The number of aromatic nitrogens is 2. The zero-order chi connectivity index (χ0) is 11.8. The van der Waals surface area contributed by atoms with Crippen LogP contribution in [0.3, 0.4) is 0 Å². The molecule has 4 nitrogen and oxygen atoms in total. The number of hydrogen-bond acceptors (Lipinski definition) is 3. The number of nitrogens with zero attached hydrogens (tertiary/aromatic N) is 3. The van der Waals surface area contributed by atoms with Crippen LogP contribution < -0.4 is 5.32 Å². The second-order valence-corrected chi connectivity index (χ2v) is 4.18. The Kier molecular flexibility index (Phi) is 2.20. The Morgan fingerprint density at radius 1 is 1.29 bits per heavy atom. The molecular formula is C13H12N4. The Balaban J connectivity index is 2.10. The van der Waals surface area contributed by atoms with Crippen LogP contribution in [0.25, 0.3) is 5.69 Å². The molecule has 0 unspecified atom stereocenters. The van der Waals surface area contributed by atoms with Gasteiger partial charge in [-0.2, -0.15) is 10.4 Å². The predicted molar refractivity (Wildman–Crippen MR) is 63.6 cm³/mol. The van der Waals surface area contributed by atoms with E-state index in [1.807, 2.05) is 35.9 Å². The van der Waals surface area contributed by atoms with Crippen molar-refractivity contribution in [1.29, 1.82) is 5.26 Å². The van der Waals surface area contributed by atoms with Crippen LogP contribution in [0.5, 0.6) is 0 Å². The first-order valence-corrected chi connectivity index (χ1v) is 5.58. The van der Waals surface area contributed by atoms with Crippen molar-refractivity contribution in [3.63, 3.8) is 0 Å². The number of fused-ring (bicyclic) bond motifs is 1. The van der Waals surface area contributed by atoms with E-state index in [2.05, 4.69) is 16.5 Å². The molecule has 1 aliphatic heterocycles. The van der Waals surface area contributed by atoms with Crippen molar-refractivity contribution < 1.29 is 0 Å². The molecule has 2 aromatic rings. The minimum atomic E-state index is 0.674. The Bertz CT molecular complexity index is 602. The smallest absolute Gasteiger partial charge is 0.0991 e. The lowest BCUT2D eigenvalue weighted by atomic mass is 10.2. The first kappa shape index (κ1) is 10.1. The average molecular weight is 224 g/mol. The van der Waals surface area contributed by atoms with Crippen LogP contribution in [-0.4, -0.2) is 9.78 Å². The molecule has 0 spiro atoms. The zero-order valence-electron chi connectivity index (χ0n) is 9.57. The van der Waals surface area contributed by atoms with Crippen molar-refractivity contribution in [2.75, 3.05) is 0 Å². The molecule has 0 atom stereocenters. The van der Waals surface area contributed by atoms with E-state index in [0.29, 0.717) is 5.56 Å². The second kappa shape index (κ2) is 3.72. The van der Waals surface area contributed by atoms with E-state index >= 15 is 0 Å². The summed E-state index contributed by atoms with van der Waals surface area (Å²) >= 11 is 0. The maximum absolute atomic E-state index is 8.78. The summed E-state index contributed by atoms with van der Waals surface area (Å²) in [6.07, 6.45) is 0. The van der Waals surface area contributed by atoms with E-state index < -0.39 is 0 Å². The van der Waals surface area contributed by atoms with E-state index in [1.165, 1.54) is 11.3 Å². The summed E-state index contributed by atoms with van der Waals surface area (Å²) in [5, 5.41) is 16.7. The van der Waals surface area contributed by atoms with Crippen molar-refractivity contribution in [3.05, 3.63) is 46.8 Å². The molecule has 0 fully saturated rings. The van der Waals surface area contributed by atoms with Gasteiger partial charge < -0.3 is 5.32 Å². The molecule has 17 heavy (non-hydrogen) atoms. The Morgan fingerprint density at radius 3 is 2.76 bits per heavy atom. The Hall–Kier alpha value is -2.12. The molecule has 0 radical (unpaired) electrons. The van der Waals surface area contributed by atoms with Gasteiger partial charge in [0, 0.05) is 18.7 Å². The maximum Gasteiger partial charge on any atom is 0.0991 e. The lowest BCUT2D eigenvalue weighted by Crippen LogP contribution is -2.07. The van der Waals surface area contributed by atoms with Gasteiger partial charge in [0.2, 0.25) is 0 Å².